The Morgan fingerprint density at radius 2 is 1.82 bits per heavy atom. The zero-order chi connectivity index (χ0) is 24.8. The first-order valence-corrected chi connectivity index (χ1v) is 10.0. The summed E-state index contributed by atoms with van der Waals surface area (Å²) in [5, 5.41) is 14.6. The molecule has 0 radical (unpaired) electrons. The predicted octanol–water partition coefficient (Wildman–Crippen LogP) is 5.09. The molecule has 0 atom stereocenters. The number of aromatic nitrogens is 1. The van der Waals surface area contributed by atoms with Crippen molar-refractivity contribution in [3.63, 3.8) is 0 Å². The summed E-state index contributed by atoms with van der Waals surface area (Å²) in [7, 11) is 0. The van der Waals surface area contributed by atoms with E-state index in [0.29, 0.717) is 33.8 Å². The van der Waals surface area contributed by atoms with Gasteiger partial charge in [0.2, 0.25) is 0 Å². The highest BCUT2D eigenvalue weighted by molar-refractivity contribution is 6.35. The summed E-state index contributed by atoms with van der Waals surface area (Å²) < 4.78 is 38.8. The van der Waals surface area contributed by atoms with E-state index in [1.807, 2.05) is 0 Å². The Balaban J connectivity index is 1.61. The smallest absolute Gasteiger partial charge is 0.416 e. The Morgan fingerprint density at radius 3 is 2.47 bits per heavy atom. The molecule has 0 saturated heterocycles. The van der Waals surface area contributed by atoms with Crippen molar-refractivity contribution in [1.82, 2.24) is 4.98 Å². The molecule has 4 N–H and O–H groups in total. The van der Waals surface area contributed by atoms with Gasteiger partial charge < -0.3 is 20.7 Å². The number of benzene rings is 2. The third-order valence-corrected chi connectivity index (χ3v) is 5.49. The fourth-order valence-corrected chi connectivity index (χ4v) is 3.84. The number of aryl methyl sites for hydroxylation is 1. The highest BCUT2D eigenvalue weighted by Gasteiger charge is 2.31. The van der Waals surface area contributed by atoms with Crippen LogP contribution < -0.4 is 10.6 Å². The minimum absolute atomic E-state index is 0.137. The van der Waals surface area contributed by atoms with Crippen molar-refractivity contribution in [2.24, 2.45) is 0 Å². The summed E-state index contributed by atoms with van der Waals surface area (Å²) in [6, 6.07) is 8.66. The highest BCUT2D eigenvalue weighted by Crippen LogP contribution is 2.36. The molecule has 0 saturated carbocycles. The molecule has 0 aliphatic carbocycles. The number of carbonyl (C=O) groups is 3. The summed E-state index contributed by atoms with van der Waals surface area (Å²) in [5.74, 6) is -2.22. The first-order chi connectivity index (χ1) is 16.0. The molecule has 7 nitrogen and oxygen atoms in total. The van der Waals surface area contributed by atoms with Gasteiger partial charge >= 0.3 is 12.1 Å². The Bertz CT molecular complexity index is 1390. The minimum atomic E-state index is -4.57. The van der Waals surface area contributed by atoms with Gasteiger partial charge in [-0.2, -0.15) is 13.2 Å². The molecule has 10 heteroatoms. The first-order valence-electron chi connectivity index (χ1n) is 10.0. The molecule has 0 bridgehead atoms. The van der Waals surface area contributed by atoms with E-state index >= 15 is 0 Å². The average molecular weight is 469 g/mol. The van der Waals surface area contributed by atoms with E-state index in [-0.39, 0.29) is 16.8 Å². The number of aromatic amines is 1. The molecule has 1 aliphatic rings. The van der Waals surface area contributed by atoms with Crippen LogP contribution in [-0.4, -0.2) is 27.9 Å². The number of hydrogen-bond donors (Lipinski definition) is 4. The molecule has 1 aliphatic heterocycles. The van der Waals surface area contributed by atoms with E-state index in [9.17, 15) is 32.7 Å². The number of H-pyrrole nitrogens is 1. The molecule has 174 valence electrons. The molecule has 3 aromatic rings. The van der Waals surface area contributed by atoms with Gasteiger partial charge in [-0.05, 0) is 55.8 Å². The zero-order valence-electron chi connectivity index (χ0n) is 17.9. The van der Waals surface area contributed by atoms with Crippen LogP contribution in [0.3, 0.4) is 0 Å². The summed E-state index contributed by atoms with van der Waals surface area (Å²) in [6.07, 6.45) is -3.02. The number of nitrogens with one attached hydrogen (secondary N) is 3. The number of hydrogen-bond acceptors (Lipinski definition) is 3. The fourth-order valence-electron chi connectivity index (χ4n) is 3.84. The van der Waals surface area contributed by atoms with E-state index in [4.69, 9.17) is 0 Å². The maximum absolute atomic E-state index is 12.9. The van der Waals surface area contributed by atoms with Gasteiger partial charge in [-0.15, -0.1) is 0 Å². The third-order valence-electron chi connectivity index (χ3n) is 5.49. The Labute approximate surface area is 191 Å². The molecule has 2 heterocycles. The van der Waals surface area contributed by atoms with Crippen molar-refractivity contribution in [3.05, 3.63) is 81.7 Å². The molecule has 0 unspecified atom stereocenters. The molecule has 1 aromatic heterocycles. The van der Waals surface area contributed by atoms with E-state index in [2.05, 4.69) is 15.6 Å². The van der Waals surface area contributed by atoms with Crippen LogP contribution in [0, 0.1) is 13.8 Å². The number of halogens is 3. The summed E-state index contributed by atoms with van der Waals surface area (Å²) in [5.41, 5.74) is 1.99. The van der Waals surface area contributed by atoms with Crippen LogP contribution in [0.25, 0.3) is 11.6 Å². The van der Waals surface area contributed by atoms with Gasteiger partial charge in [-0.25, -0.2) is 4.79 Å². The topological polar surface area (TPSA) is 111 Å². The second kappa shape index (κ2) is 8.22. The number of carboxylic acids is 1. The van der Waals surface area contributed by atoms with Gasteiger partial charge in [-0.1, -0.05) is 12.1 Å². The van der Waals surface area contributed by atoms with E-state index < -0.39 is 29.5 Å². The lowest BCUT2D eigenvalue weighted by Gasteiger charge is -2.10. The molecule has 2 aromatic carbocycles. The monoisotopic (exact) mass is 469 g/mol. The van der Waals surface area contributed by atoms with Crippen molar-refractivity contribution in [3.8, 4) is 0 Å². The number of fused-ring (bicyclic) bond motifs is 1. The number of amides is 2. The lowest BCUT2D eigenvalue weighted by molar-refractivity contribution is -0.137. The van der Waals surface area contributed by atoms with Gasteiger partial charge in [0.1, 0.15) is 0 Å². The largest absolute Gasteiger partial charge is 0.478 e. The second-order valence-corrected chi connectivity index (χ2v) is 7.77. The normalized spacial score (nSPS) is 14.1. The lowest BCUT2D eigenvalue weighted by atomic mass is 10.0. The van der Waals surface area contributed by atoms with Crippen LogP contribution in [-0.2, 0) is 11.0 Å². The second-order valence-electron chi connectivity index (χ2n) is 7.77. The molecule has 2 amide bonds. The summed E-state index contributed by atoms with van der Waals surface area (Å²) in [4.78, 5) is 39.4. The molecule has 0 spiro atoms. The quantitative estimate of drug-likeness (QED) is 0.399. The van der Waals surface area contributed by atoms with Crippen LogP contribution in [0.1, 0.15) is 48.8 Å². The number of carbonyl (C=O) groups excluding carboxylic acids is 2. The lowest BCUT2D eigenvalue weighted by Crippen LogP contribution is -2.14. The minimum Gasteiger partial charge on any atom is -0.478 e. The summed E-state index contributed by atoms with van der Waals surface area (Å²) in [6.45, 7) is 3.26. The molecule has 4 rings (SSSR count). The number of carboxylic acid groups (broad SMARTS) is 1. The first kappa shape index (κ1) is 22.8. The standard InChI is InChI=1S/C24H18F3N3O4/c1-11-18(28-12(2)20(11)23(33)34)10-17-16-7-6-15(9-19(16)30-22(17)32)29-21(31)13-4-3-5-14(8-13)24(25,26)27/h3-10,28H,1-2H3,(H,29,31)(H,30,32)(H,33,34). The average Bonchev–Trinajstić information content (AvgIpc) is 3.22. The van der Waals surface area contributed by atoms with Gasteiger partial charge in [-0.3, -0.25) is 9.59 Å². The Hall–Kier alpha value is -4.34. The van der Waals surface area contributed by atoms with Crippen molar-refractivity contribution >= 4 is 40.8 Å². The van der Waals surface area contributed by atoms with E-state index in [0.717, 1.165) is 18.2 Å². The van der Waals surface area contributed by atoms with Crippen LogP contribution in [0.5, 0.6) is 0 Å². The van der Waals surface area contributed by atoms with Gasteiger partial charge in [0.05, 0.1) is 22.4 Å². The van der Waals surface area contributed by atoms with Crippen molar-refractivity contribution in [2.45, 2.75) is 20.0 Å². The zero-order valence-corrected chi connectivity index (χ0v) is 17.9. The van der Waals surface area contributed by atoms with E-state index in [1.165, 1.54) is 18.2 Å². The molecule has 34 heavy (non-hydrogen) atoms. The fraction of sp³-hybridized carbons (Fsp3) is 0.125. The van der Waals surface area contributed by atoms with Crippen LogP contribution in [0.4, 0.5) is 24.5 Å². The van der Waals surface area contributed by atoms with E-state index in [1.54, 1.807) is 26.0 Å². The molecular formula is C24H18F3N3O4. The Morgan fingerprint density at radius 1 is 1.09 bits per heavy atom. The van der Waals surface area contributed by atoms with Crippen molar-refractivity contribution < 1.29 is 32.7 Å². The third kappa shape index (κ3) is 4.17. The number of rotatable bonds is 4. The summed E-state index contributed by atoms with van der Waals surface area (Å²) >= 11 is 0. The van der Waals surface area contributed by atoms with Gasteiger partial charge in [0.25, 0.3) is 11.8 Å². The van der Waals surface area contributed by atoms with Crippen molar-refractivity contribution in [1.29, 1.82) is 0 Å². The maximum atomic E-state index is 12.9. The molecule has 0 fully saturated rings. The maximum Gasteiger partial charge on any atom is 0.416 e. The molecular weight excluding hydrogens is 451 g/mol. The predicted molar refractivity (Wildman–Crippen MR) is 120 cm³/mol. The van der Waals surface area contributed by atoms with Crippen LogP contribution in [0.2, 0.25) is 0 Å². The Kier molecular flexibility index (Phi) is 5.52. The van der Waals surface area contributed by atoms with Crippen LogP contribution in [0.15, 0.2) is 42.5 Å². The van der Waals surface area contributed by atoms with Gasteiger partial charge in [0, 0.05) is 28.2 Å². The van der Waals surface area contributed by atoms with Crippen molar-refractivity contribution in [2.75, 3.05) is 10.6 Å². The number of aromatic carboxylic acids is 1. The number of alkyl halides is 3. The van der Waals surface area contributed by atoms with Gasteiger partial charge in [0.15, 0.2) is 0 Å². The SMILES string of the molecule is Cc1[nH]c(C=C2C(=O)Nc3cc(NC(=O)c4cccc(C(F)(F)F)c4)ccc32)c(C)c1C(=O)O. The van der Waals surface area contributed by atoms with Crippen LogP contribution >= 0.6 is 0 Å². The highest BCUT2D eigenvalue weighted by atomic mass is 19.4. The number of anilines is 2.